The van der Waals surface area contributed by atoms with Gasteiger partial charge in [0.25, 0.3) is 0 Å². The van der Waals surface area contributed by atoms with E-state index in [1.807, 2.05) is 39.0 Å². The summed E-state index contributed by atoms with van der Waals surface area (Å²) < 4.78 is 11.5. The first-order chi connectivity index (χ1) is 10.3. The van der Waals surface area contributed by atoms with Crippen LogP contribution in [0.5, 0.6) is 5.75 Å². The number of rotatable bonds is 0. The first kappa shape index (κ1) is 14.9. The maximum absolute atomic E-state index is 12.3. The number of ether oxygens (including phenoxy) is 2. The van der Waals surface area contributed by atoms with Crippen molar-refractivity contribution in [3.63, 3.8) is 0 Å². The molecule has 1 amide bonds. The molecule has 1 aromatic carbocycles. The lowest BCUT2D eigenvalue weighted by Crippen LogP contribution is -2.46. The first-order valence-corrected chi connectivity index (χ1v) is 7.57. The van der Waals surface area contributed by atoms with Gasteiger partial charge in [0.05, 0.1) is 18.5 Å². The van der Waals surface area contributed by atoms with Gasteiger partial charge >= 0.3 is 6.09 Å². The number of para-hydroxylation sites is 1. The van der Waals surface area contributed by atoms with Crippen molar-refractivity contribution >= 4 is 11.9 Å². The molecular weight excluding hydrogens is 282 g/mol. The number of fused-ring (bicyclic) bond motifs is 1. The summed E-state index contributed by atoms with van der Waals surface area (Å²) in [6, 6.07) is 7.28. The highest BCUT2D eigenvalue weighted by molar-refractivity contribution is 6.00. The van der Waals surface area contributed by atoms with Gasteiger partial charge in [0, 0.05) is 13.0 Å². The van der Waals surface area contributed by atoms with Gasteiger partial charge in [0.15, 0.2) is 5.78 Å². The van der Waals surface area contributed by atoms with Crippen LogP contribution < -0.4 is 4.74 Å². The molecule has 1 aromatic rings. The largest absolute Gasteiger partial charge is 0.484 e. The topological polar surface area (TPSA) is 55.8 Å². The minimum atomic E-state index is -0.609. The van der Waals surface area contributed by atoms with Crippen molar-refractivity contribution in [3.05, 3.63) is 29.8 Å². The van der Waals surface area contributed by atoms with E-state index in [0.717, 1.165) is 0 Å². The van der Waals surface area contributed by atoms with Crippen LogP contribution in [-0.4, -0.2) is 41.1 Å². The monoisotopic (exact) mass is 303 g/mol. The van der Waals surface area contributed by atoms with Crippen LogP contribution in [0.4, 0.5) is 4.79 Å². The van der Waals surface area contributed by atoms with E-state index in [9.17, 15) is 9.59 Å². The van der Waals surface area contributed by atoms with Gasteiger partial charge in [0.2, 0.25) is 0 Å². The number of nitrogens with zero attached hydrogens (tertiary/aromatic N) is 1. The summed E-state index contributed by atoms with van der Waals surface area (Å²) in [5, 5.41) is 0. The summed E-state index contributed by atoms with van der Waals surface area (Å²) in [7, 11) is 0. The molecule has 0 unspecified atom stereocenters. The van der Waals surface area contributed by atoms with Crippen LogP contribution in [0.25, 0.3) is 0 Å². The van der Waals surface area contributed by atoms with E-state index >= 15 is 0 Å². The number of ketones is 1. The van der Waals surface area contributed by atoms with E-state index < -0.39 is 11.2 Å². The molecule has 0 aliphatic carbocycles. The normalized spacial score (nSPS) is 24.1. The molecule has 5 heteroatoms. The molecule has 0 N–H and O–H groups in total. The molecule has 22 heavy (non-hydrogen) atoms. The van der Waals surface area contributed by atoms with Crippen molar-refractivity contribution in [2.45, 2.75) is 44.8 Å². The third-order valence-corrected chi connectivity index (χ3v) is 3.96. The zero-order chi connectivity index (χ0) is 16.0. The molecule has 2 aliphatic rings. The highest BCUT2D eigenvalue weighted by Gasteiger charge is 2.47. The van der Waals surface area contributed by atoms with E-state index in [4.69, 9.17) is 9.47 Å². The van der Waals surface area contributed by atoms with Gasteiger partial charge in [-0.15, -0.1) is 0 Å². The van der Waals surface area contributed by atoms with Crippen molar-refractivity contribution in [2.75, 3.05) is 13.1 Å². The number of benzene rings is 1. The minimum absolute atomic E-state index is 0.0767. The Bertz CT molecular complexity index is 619. The summed E-state index contributed by atoms with van der Waals surface area (Å²) >= 11 is 0. The van der Waals surface area contributed by atoms with Gasteiger partial charge in [-0.25, -0.2) is 4.79 Å². The standard InChI is InChI=1S/C17H21NO4/c1-16(2,3)22-15(20)18-9-8-17(11-18)10-13(19)12-6-4-5-7-14(12)21-17/h4-7H,8-11H2,1-3H3/t17-/m1/s1. The summed E-state index contributed by atoms with van der Waals surface area (Å²) in [6.45, 7) is 6.46. The zero-order valence-electron chi connectivity index (χ0n) is 13.2. The van der Waals surface area contributed by atoms with Crippen molar-refractivity contribution in [3.8, 4) is 5.75 Å². The lowest BCUT2D eigenvalue weighted by Gasteiger charge is -2.34. The Morgan fingerprint density at radius 1 is 1.32 bits per heavy atom. The minimum Gasteiger partial charge on any atom is -0.484 e. The third-order valence-electron chi connectivity index (χ3n) is 3.96. The number of hydrogen-bond acceptors (Lipinski definition) is 4. The number of carbonyl (C=O) groups is 2. The molecule has 0 saturated carbocycles. The highest BCUT2D eigenvalue weighted by atomic mass is 16.6. The average Bonchev–Trinajstić information content (AvgIpc) is 2.80. The van der Waals surface area contributed by atoms with Gasteiger partial charge in [-0.3, -0.25) is 4.79 Å². The summed E-state index contributed by atoms with van der Waals surface area (Å²) in [5.41, 5.74) is -0.505. The number of likely N-dealkylation sites (tertiary alicyclic amines) is 1. The molecule has 0 aromatic heterocycles. The zero-order valence-corrected chi connectivity index (χ0v) is 13.2. The highest BCUT2D eigenvalue weighted by Crippen LogP contribution is 2.38. The Kier molecular flexibility index (Phi) is 3.38. The summed E-state index contributed by atoms with van der Waals surface area (Å²) in [4.78, 5) is 26.1. The van der Waals surface area contributed by atoms with E-state index in [2.05, 4.69) is 0 Å². The number of Topliss-reactive ketones (excluding diaryl/α,β-unsaturated/α-hetero) is 1. The second-order valence-electron chi connectivity index (χ2n) is 7.03. The maximum atomic E-state index is 12.3. The van der Waals surface area contributed by atoms with E-state index in [1.165, 1.54) is 0 Å². The molecule has 1 spiro atoms. The maximum Gasteiger partial charge on any atom is 0.410 e. The number of carbonyl (C=O) groups excluding carboxylic acids is 2. The third kappa shape index (κ3) is 2.80. The van der Waals surface area contributed by atoms with Crippen molar-refractivity contribution < 1.29 is 19.1 Å². The second kappa shape index (κ2) is 5.00. The van der Waals surface area contributed by atoms with Crippen molar-refractivity contribution in [1.29, 1.82) is 0 Å². The molecule has 118 valence electrons. The van der Waals surface area contributed by atoms with Crippen LogP contribution in [0, 0.1) is 0 Å². The van der Waals surface area contributed by atoms with E-state index in [-0.39, 0.29) is 11.9 Å². The molecule has 5 nitrogen and oxygen atoms in total. The van der Waals surface area contributed by atoms with Crippen molar-refractivity contribution in [2.24, 2.45) is 0 Å². The van der Waals surface area contributed by atoms with Crippen LogP contribution in [-0.2, 0) is 4.74 Å². The fraction of sp³-hybridized carbons (Fsp3) is 0.529. The number of hydrogen-bond donors (Lipinski definition) is 0. The van der Waals surface area contributed by atoms with Gasteiger partial charge < -0.3 is 14.4 Å². The van der Waals surface area contributed by atoms with Crippen LogP contribution in [0.1, 0.15) is 44.0 Å². The molecule has 0 bridgehead atoms. The fourth-order valence-electron chi connectivity index (χ4n) is 3.00. The van der Waals surface area contributed by atoms with Crippen LogP contribution >= 0.6 is 0 Å². The fourth-order valence-corrected chi connectivity index (χ4v) is 3.00. The molecule has 2 heterocycles. The Morgan fingerprint density at radius 3 is 2.77 bits per heavy atom. The van der Waals surface area contributed by atoms with Crippen LogP contribution in [0.3, 0.4) is 0 Å². The number of amides is 1. The Labute approximate surface area is 130 Å². The Balaban J connectivity index is 1.75. The summed E-state index contributed by atoms with van der Waals surface area (Å²) in [5.74, 6) is 0.692. The lowest BCUT2D eigenvalue weighted by molar-refractivity contribution is 0.0171. The molecule has 2 aliphatic heterocycles. The average molecular weight is 303 g/mol. The molecule has 1 fully saturated rings. The SMILES string of the molecule is CC(C)(C)OC(=O)N1CC[C@@]2(CC(=O)c3ccccc3O2)C1. The van der Waals surface area contributed by atoms with E-state index in [0.29, 0.717) is 37.2 Å². The summed E-state index contributed by atoms with van der Waals surface area (Å²) in [6.07, 6.45) is 0.606. The van der Waals surface area contributed by atoms with Crippen LogP contribution in [0.15, 0.2) is 24.3 Å². The smallest absolute Gasteiger partial charge is 0.410 e. The Morgan fingerprint density at radius 2 is 2.05 bits per heavy atom. The Hall–Kier alpha value is -2.04. The lowest BCUT2D eigenvalue weighted by atomic mass is 9.89. The quantitative estimate of drug-likeness (QED) is 0.739. The molecule has 1 saturated heterocycles. The molecular formula is C17H21NO4. The van der Waals surface area contributed by atoms with Gasteiger partial charge in [-0.05, 0) is 32.9 Å². The first-order valence-electron chi connectivity index (χ1n) is 7.57. The predicted molar refractivity (Wildman–Crippen MR) is 81.2 cm³/mol. The van der Waals surface area contributed by atoms with E-state index in [1.54, 1.807) is 11.0 Å². The predicted octanol–water partition coefficient (Wildman–Crippen LogP) is 3.03. The molecule has 0 radical (unpaired) electrons. The van der Waals surface area contributed by atoms with Gasteiger partial charge in [-0.1, -0.05) is 12.1 Å². The van der Waals surface area contributed by atoms with Crippen LogP contribution in [0.2, 0.25) is 0 Å². The second-order valence-corrected chi connectivity index (χ2v) is 7.03. The molecule has 3 rings (SSSR count). The molecule has 1 atom stereocenters. The van der Waals surface area contributed by atoms with Gasteiger partial charge in [0.1, 0.15) is 17.0 Å². The van der Waals surface area contributed by atoms with Crippen molar-refractivity contribution in [1.82, 2.24) is 4.90 Å². The van der Waals surface area contributed by atoms with Gasteiger partial charge in [-0.2, -0.15) is 0 Å².